The van der Waals surface area contributed by atoms with Gasteiger partial charge in [0, 0.05) is 34.9 Å². The average Bonchev–Trinajstić information content (AvgIpc) is 3.78. The van der Waals surface area contributed by atoms with Gasteiger partial charge >= 0.3 is 0 Å². The predicted octanol–water partition coefficient (Wildman–Crippen LogP) is 8.54. The Bertz CT molecular complexity index is 1780. The SMILES string of the molecule is c1ccc2c(c1)NC(c1ccccc1OCCCCOc1ccccc1C1Nc3ccccc3-n3cccc31)c1cccn1-2. The molecule has 0 aliphatic carbocycles. The van der Waals surface area contributed by atoms with Gasteiger partial charge in [0.15, 0.2) is 0 Å². The Morgan fingerprint density at radius 1 is 0.477 bits per heavy atom. The van der Waals surface area contributed by atoms with E-state index in [9.17, 15) is 0 Å². The van der Waals surface area contributed by atoms with Gasteiger partial charge in [0.05, 0.1) is 48.0 Å². The Balaban J connectivity index is 0.911. The molecule has 2 aliphatic heterocycles. The third-order valence-electron chi connectivity index (χ3n) is 8.59. The van der Waals surface area contributed by atoms with Crippen molar-refractivity contribution in [3.63, 3.8) is 0 Å². The molecule has 2 unspecified atom stereocenters. The molecular weight excluding hydrogens is 544 g/mol. The van der Waals surface area contributed by atoms with Gasteiger partial charge in [-0.05, 0) is 73.5 Å². The fourth-order valence-electron chi connectivity index (χ4n) is 6.51. The third-order valence-corrected chi connectivity index (χ3v) is 8.59. The molecule has 0 fully saturated rings. The smallest absolute Gasteiger partial charge is 0.124 e. The zero-order valence-corrected chi connectivity index (χ0v) is 24.4. The van der Waals surface area contributed by atoms with Crippen molar-refractivity contribution < 1.29 is 9.47 Å². The average molecular weight is 579 g/mol. The number of anilines is 2. The van der Waals surface area contributed by atoms with E-state index in [1.54, 1.807) is 0 Å². The van der Waals surface area contributed by atoms with Crippen LogP contribution in [0.3, 0.4) is 0 Å². The Labute approximate surface area is 257 Å². The summed E-state index contributed by atoms with van der Waals surface area (Å²) in [6, 6.07) is 42.2. The van der Waals surface area contributed by atoms with E-state index in [4.69, 9.17) is 9.47 Å². The van der Waals surface area contributed by atoms with Crippen LogP contribution in [-0.2, 0) is 0 Å². The van der Waals surface area contributed by atoms with E-state index in [0.29, 0.717) is 13.2 Å². The highest BCUT2D eigenvalue weighted by molar-refractivity contribution is 5.68. The van der Waals surface area contributed by atoms with Crippen molar-refractivity contribution >= 4 is 11.4 Å². The first kappa shape index (κ1) is 26.3. The lowest BCUT2D eigenvalue weighted by Crippen LogP contribution is -2.22. The van der Waals surface area contributed by atoms with Crippen molar-refractivity contribution in [2.24, 2.45) is 0 Å². The van der Waals surface area contributed by atoms with Gasteiger partial charge in [0.25, 0.3) is 0 Å². The van der Waals surface area contributed by atoms with Gasteiger partial charge in [-0.2, -0.15) is 0 Å². The number of ether oxygens (including phenoxy) is 2. The molecule has 0 amide bonds. The molecule has 0 spiro atoms. The molecule has 2 aromatic heterocycles. The summed E-state index contributed by atoms with van der Waals surface area (Å²) in [7, 11) is 0. The molecule has 2 N–H and O–H groups in total. The molecule has 6 aromatic rings. The largest absolute Gasteiger partial charge is 0.493 e. The van der Waals surface area contributed by atoms with Crippen LogP contribution in [0, 0.1) is 0 Å². The number of rotatable bonds is 9. The first-order chi connectivity index (χ1) is 21.8. The van der Waals surface area contributed by atoms with Crippen molar-refractivity contribution in [3.8, 4) is 22.9 Å². The third kappa shape index (κ3) is 4.69. The fourth-order valence-corrected chi connectivity index (χ4v) is 6.51. The predicted molar refractivity (Wildman–Crippen MR) is 176 cm³/mol. The quantitative estimate of drug-likeness (QED) is 0.169. The number of fused-ring (bicyclic) bond motifs is 6. The first-order valence-corrected chi connectivity index (χ1v) is 15.3. The summed E-state index contributed by atoms with van der Waals surface area (Å²) in [5, 5.41) is 7.48. The molecule has 218 valence electrons. The summed E-state index contributed by atoms with van der Waals surface area (Å²) < 4.78 is 17.3. The summed E-state index contributed by atoms with van der Waals surface area (Å²) in [6.45, 7) is 1.25. The topological polar surface area (TPSA) is 52.4 Å². The molecule has 4 aromatic carbocycles. The molecule has 0 saturated heterocycles. The van der Waals surface area contributed by atoms with Crippen molar-refractivity contribution in [3.05, 3.63) is 156 Å². The number of hydrogen-bond acceptors (Lipinski definition) is 4. The van der Waals surface area contributed by atoms with Crippen LogP contribution in [0.25, 0.3) is 11.4 Å². The summed E-state index contributed by atoms with van der Waals surface area (Å²) in [5.74, 6) is 1.82. The highest BCUT2D eigenvalue weighted by Gasteiger charge is 2.28. The monoisotopic (exact) mass is 578 g/mol. The zero-order chi connectivity index (χ0) is 29.3. The van der Waals surface area contributed by atoms with Crippen LogP contribution >= 0.6 is 0 Å². The lowest BCUT2D eigenvalue weighted by Gasteiger charge is -2.30. The second-order valence-electron chi connectivity index (χ2n) is 11.3. The Morgan fingerprint density at radius 3 is 1.41 bits per heavy atom. The molecule has 0 saturated carbocycles. The van der Waals surface area contributed by atoms with Gasteiger partial charge in [-0.1, -0.05) is 60.7 Å². The van der Waals surface area contributed by atoms with Crippen molar-refractivity contribution in [1.82, 2.24) is 9.13 Å². The normalized spacial score (nSPS) is 16.0. The second-order valence-corrected chi connectivity index (χ2v) is 11.3. The maximum absolute atomic E-state index is 6.39. The molecule has 2 aliphatic rings. The van der Waals surface area contributed by atoms with Gasteiger partial charge in [-0.3, -0.25) is 0 Å². The summed E-state index contributed by atoms with van der Waals surface area (Å²) in [6.07, 6.45) is 6.05. The molecule has 6 nitrogen and oxygen atoms in total. The van der Waals surface area contributed by atoms with E-state index in [0.717, 1.165) is 46.8 Å². The number of unbranched alkanes of at least 4 members (excludes halogenated alkanes) is 1. The number of nitrogens with zero attached hydrogens (tertiary/aromatic N) is 2. The zero-order valence-electron chi connectivity index (χ0n) is 24.4. The minimum Gasteiger partial charge on any atom is -0.493 e. The lowest BCUT2D eigenvalue weighted by atomic mass is 9.99. The van der Waals surface area contributed by atoms with Crippen molar-refractivity contribution in [2.45, 2.75) is 24.9 Å². The van der Waals surface area contributed by atoms with Crippen LogP contribution in [0.5, 0.6) is 11.5 Å². The highest BCUT2D eigenvalue weighted by Crippen LogP contribution is 2.41. The van der Waals surface area contributed by atoms with E-state index in [1.807, 2.05) is 12.1 Å². The van der Waals surface area contributed by atoms with Gasteiger partial charge in [0.1, 0.15) is 11.5 Å². The van der Waals surface area contributed by atoms with Gasteiger partial charge < -0.3 is 29.2 Å². The van der Waals surface area contributed by atoms with Crippen LogP contribution in [0.2, 0.25) is 0 Å². The molecule has 44 heavy (non-hydrogen) atoms. The fraction of sp³-hybridized carbons (Fsp3) is 0.158. The summed E-state index contributed by atoms with van der Waals surface area (Å²) in [4.78, 5) is 0. The molecule has 0 bridgehead atoms. The molecule has 6 heteroatoms. The molecule has 4 heterocycles. The van der Waals surface area contributed by atoms with Crippen LogP contribution in [0.1, 0.15) is 47.4 Å². The van der Waals surface area contributed by atoms with Gasteiger partial charge in [-0.15, -0.1) is 0 Å². The van der Waals surface area contributed by atoms with Crippen LogP contribution < -0.4 is 20.1 Å². The minimum absolute atomic E-state index is 0.0115. The lowest BCUT2D eigenvalue weighted by molar-refractivity contribution is 0.263. The molecule has 0 radical (unpaired) electrons. The minimum atomic E-state index is 0.0115. The van der Waals surface area contributed by atoms with E-state index < -0.39 is 0 Å². The molecule has 2 atom stereocenters. The Morgan fingerprint density at radius 2 is 0.909 bits per heavy atom. The van der Waals surface area contributed by atoms with Crippen molar-refractivity contribution in [1.29, 1.82) is 0 Å². The summed E-state index contributed by atoms with van der Waals surface area (Å²) in [5.41, 5.74) is 9.26. The van der Waals surface area contributed by atoms with Crippen LogP contribution in [0.15, 0.2) is 134 Å². The summed E-state index contributed by atoms with van der Waals surface area (Å²) >= 11 is 0. The van der Waals surface area contributed by atoms with Crippen LogP contribution in [0.4, 0.5) is 11.4 Å². The highest BCUT2D eigenvalue weighted by atomic mass is 16.5. The van der Waals surface area contributed by atoms with Gasteiger partial charge in [-0.25, -0.2) is 0 Å². The van der Waals surface area contributed by atoms with E-state index >= 15 is 0 Å². The van der Waals surface area contributed by atoms with Gasteiger partial charge in [0.2, 0.25) is 0 Å². The first-order valence-electron chi connectivity index (χ1n) is 15.3. The molecule has 8 rings (SSSR count). The number of hydrogen-bond donors (Lipinski definition) is 2. The van der Waals surface area contributed by atoms with Crippen LogP contribution in [-0.4, -0.2) is 22.3 Å². The Hall–Kier alpha value is -5.36. The standard InChI is InChI=1S/C38H34N4O2/c1-7-21-35(27(13-1)37-33-19-11-23-41(33)31-17-5-3-15-29(31)39-37)43-25-9-10-26-44-36-22-8-2-14-28(36)38-34-20-12-24-42(34)32-18-6-4-16-30(32)40-38/h1-8,11-24,37-40H,9-10,25-26H2. The maximum Gasteiger partial charge on any atom is 0.124 e. The Kier molecular flexibility index (Phi) is 6.80. The van der Waals surface area contributed by atoms with E-state index in [1.165, 1.54) is 22.8 Å². The van der Waals surface area contributed by atoms with E-state index in [2.05, 4.69) is 141 Å². The second kappa shape index (κ2) is 11.4. The number of para-hydroxylation sites is 6. The number of nitrogens with one attached hydrogen (secondary N) is 2. The maximum atomic E-state index is 6.39. The number of benzene rings is 4. The van der Waals surface area contributed by atoms with E-state index in [-0.39, 0.29) is 12.1 Å². The number of aromatic nitrogens is 2. The van der Waals surface area contributed by atoms with Crippen molar-refractivity contribution in [2.75, 3.05) is 23.8 Å². The molecular formula is C38H34N4O2.